The summed E-state index contributed by atoms with van der Waals surface area (Å²) >= 11 is 0. The zero-order chi connectivity index (χ0) is 26.3. The van der Waals surface area contributed by atoms with Gasteiger partial charge in [0.1, 0.15) is 5.82 Å². The molecule has 0 bridgehead atoms. The van der Waals surface area contributed by atoms with E-state index < -0.39 is 11.7 Å². The van der Waals surface area contributed by atoms with E-state index >= 15 is 0 Å². The second-order valence-electron chi connectivity index (χ2n) is 9.02. The summed E-state index contributed by atoms with van der Waals surface area (Å²) < 4.78 is 4.64. The van der Waals surface area contributed by atoms with Crippen molar-refractivity contribution in [2.24, 2.45) is 11.7 Å². The molecule has 10 nitrogen and oxygen atoms in total. The summed E-state index contributed by atoms with van der Waals surface area (Å²) in [6.45, 7) is 7.46. The Balaban J connectivity index is 0.00000115. The first kappa shape index (κ1) is 26.6. The minimum atomic E-state index is -0.693. The first-order valence-corrected chi connectivity index (χ1v) is 11.5. The van der Waals surface area contributed by atoms with Gasteiger partial charge < -0.3 is 20.5 Å². The lowest BCUT2D eigenvalue weighted by Crippen LogP contribution is -2.33. The van der Waals surface area contributed by atoms with Gasteiger partial charge in [0, 0.05) is 48.2 Å². The number of hydrogen-bond acceptors (Lipinski definition) is 8. The quantitative estimate of drug-likeness (QED) is 0.460. The lowest BCUT2D eigenvalue weighted by atomic mass is 9.90. The Morgan fingerprint density at radius 2 is 1.89 bits per heavy atom. The van der Waals surface area contributed by atoms with E-state index in [4.69, 9.17) is 4.79 Å². The lowest BCUT2D eigenvalue weighted by Gasteiger charge is -2.26. The van der Waals surface area contributed by atoms with Gasteiger partial charge in [-0.25, -0.2) is 9.78 Å². The van der Waals surface area contributed by atoms with Crippen molar-refractivity contribution in [3.8, 4) is 22.4 Å². The average molecular weight is 493 g/mol. The topological polar surface area (TPSA) is 144 Å². The molecule has 1 saturated heterocycles. The largest absolute Gasteiger partial charge is 0.453 e. The van der Waals surface area contributed by atoms with Crippen molar-refractivity contribution >= 4 is 24.0 Å². The number of aromatic nitrogens is 3. The number of nitrogens with one attached hydrogen (secondary N) is 1. The Morgan fingerprint density at radius 1 is 1.19 bits per heavy atom. The van der Waals surface area contributed by atoms with E-state index in [0.29, 0.717) is 5.82 Å². The summed E-state index contributed by atoms with van der Waals surface area (Å²) in [5.41, 5.74) is 9.07. The minimum Gasteiger partial charge on any atom is -0.453 e. The molecule has 190 valence electrons. The number of primary amides is 1. The van der Waals surface area contributed by atoms with Gasteiger partial charge in [0.05, 0.1) is 30.3 Å². The first-order chi connectivity index (χ1) is 17.2. The van der Waals surface area contributed by atoms with Crippen molar-refractivity contribution in [2.75, 3.05) is 30.4 Å². The molecule has 0 radical (unpaired) electrons. The molecule has 0 saturated carbocycles. The van der Waals surface area contributed by atoms with Crippen molar-refractivity contribution in [3.05, 3.63) is 54.6 Å². The molecule has 1 unspecified atom stereocenters. The van der Waals surface area contributed by atoms with Gasteiger partial charge in [-0.3, -0.25) is 20.1 Å². The predicted molar refractivity (Wildman–Crippen MR) is 138 cm³/mol. The van der Waals surface area contributed by atoms with Gasteiger partial charge in [-0.15, -0.1) is 0 Å². The monoisotopic (exact) mass is 492 g/mol. The SMILES string of the molecule is COC(=O)Nc1cc(-c2cc(-c3cc(N4CCC(C(C)(C)O)C4)cnc3C)ccn2)ccn1.NC=O. The lowest BCUT2D eigenvalue weighted by molar-refractivity contribution is -0.106. The Morgan fingerprint density at radius 3 is 2.56 bits per heavy atom. The molecule has 3 aromatic heterocycles. The molecule has 4 heterocycles. The highest BCUT2D eigenvalue weighted by atomic mass is 16.5. The molecule has 10 heteroatoms. The van der Waals surface area contributed by atoms with Gasteiger partial charge >= 0.3 is 6.09 Å². The molecule has 1 fully saturated rings. The van der Waals surface area contributed by atoms with Crippen molar-refractivity contribution < 1.29 is 19.4 Å². The van der Waals surface area contributed by atoms with Crippen LogP contribution in [-0.4, -0.2) is 58.4 Å². The summed E-state index contributed by atoms with van der Waals surface area (Å²) in [5, 5.41) is 13.0. The van der Waals surface area contributed by atoms with Gasteiger partial charge in [0.15, 0.2) is 0 Å². The van der Waals surface area contributed by atoms with Crippen LogP contribution in [0.2, 0.25) is 0 Å². The summed E-state index contributed by atoms with van der Waals surface area (Å²) in [4.78, 5) is 35.7. The van der Waals surface area contributed by atoms with Crippen LogP contribution < -0.4 is 16.0 Å². The number of aryl methyl sites for hydroxylation is 1. The number of methoxy groups -OCH3 is 1. The highest BCUT2D eigenvalue weighted by Gasteiger charge is 2.33. The van der Waals surface area contributed by atoms with Crippen LogP contribution in [0.1, 0.15) is 26.0 Å². The molecule has 0 spiro atoms. The number of carbonyl (C=O) groups is 2. The van der Waals surface area contributed by atoms with Gasteiger partial charge in [-0.2, -0.15) is 0 Å². The van der Waals surface area contributed by atoms with Gasteiger partial charge in [-0.1, -0.05) is 0 Å². The van der Waals surface area contributed by atoms with Crippen LogP contribution in [0.15, 0.2) is 48.9 Å². The van der Waals surface area contributed by atoms with E-state index in [9.17, 15) is 9.90 Å². The van der Waals surface area contributed by atoms with Crippen molar-refractivity contribution in [1.82, 2.24) is 15.0 Å². The number of rotatable bonds is 5. The second kappa shape index (κ2) is 11.6. The number of pyridine rings is 3. The van der Waals surface area contributed by atoms with Gasteiger partial charge in [-0.05, 0) is 63.1 Å². The number of aliphatic hydroxyl groups is 1. The molecule has 1 atom stereocenters. The number of amides is 2. The molecular formula is C26H32N6O4. The fraction of sp³-hybridized carbons (Fsp3) is 0.346. The molecule has 3 aromatic rings. The number of hydrogen-bond donors (Lipinski definition) is 3. The van der Waals surface area contributed by atoms with Crippen LogP contribution in [0, 0.1) is 12.8 Å². The van der Waals surface area contributed by atoms with Gasteiger partial charge in [0.25, 0.3) is 0 Å². The second-order valence-corrected chi connectivity index (χ2v) is 9.02. The third-order valence-corrected chi connectivity index (χ3v) is 6.17. The predicted octanol–water partition coefficient (Wildman–Crippen LogP) is 3.39. The molecule has 1 aliphatic rings. The van der Waals surface area contributed by atoms with Gasteiger partial charge in [0.2, 0.25) is 6.41 Å². The molecular weight excluding hydrogens is 460 g/mol. The fourth-order valence-electron chi connectivity index (χ4n) is 4.13. The zero-order valence-corrected chi connectivity index (χ0v) is 20.9. The van der Waals surface area contributed by atoms with E-state index in [-0.39, 0.29) is 12.3 Å². The number of anilines is 2. The summed E-state index contributed by atoms with van der Waals surface area (Å²) in [5.74, 6) is 0.621. The molecule has 2 amide bonds. The molecule has 0 aliphatic carbocycles. The van der Waals surface area contributed by atoms with Crippen LogP contribution in [0.4, 0.5) is 16.3 Å². The van der Waals surface area contributed by atoms with E-state index in [1.165, 1.54) is 7.11 Å². The first-order valence-electron chi connectivity index (χ1n) is 11.5. The molecule has 4 rings (SSSR count). The highest BCUT2D eigenvalue weighted by Crippen LogP contribution is 2.34. The maximum Gasteiger partial charge on any atom is 0.412 e. The highest BCUT2D eigenvalue weighted by molar-refractivity contribution is 5.84. The fourth-order valence-corrected chi connectivity index (χ4v) is 4.13. The van der Waals surface area contributed by atoms with E-state index in [1.54, 1.807) is 18.5 Å². The summed E-state index contributed by atoms with van der Waals surface area (Å²) in [7, 11) is 1.31. The van der Waals surface area contributed by atoms with E-state index in [2.05, 4.69) is 41.7 Å². The van der Waals surface area contributed by atoms with Crippen LogP contribution in [0.5, 0.6) is 0 Å². The maximum absolute atomic E-state index is 11.5. The number of carbonyl (C=O) groups excluding carboxylic acids is 2. The van der Waals surface area contributed by atoms with E-state index in [0.717, 1.165) is 53.3 Å². The molecule has 36 heavy (non-hydrogen) atoms. The molecule has 1 aliphatic heterocycles. The Kier molecular flexibility index (Phi) is 8.55. The number of ether oxygens (including phenoxy) is 1. The third-order valence-electron chi connectivity index (χ3n) is 6.17. The molecule has 0 aromatic carbocycles. The Hall–Kier alpha value is -4.05. The van der Waals surface area contributed by atoms with Crippen LogP contribution in [0.3, 0.4) is 0 Å². The van der Waals surface area contributed by atoms with Crippen molar-refractivity contribution in [2.45, 2.75) is 32.8 Å². The zero-order valence-electron chi connectivity index (χ0n) is 20.9. The third kappa shape index (κ3) is 6.54. The Bertz CT molecular complexity index is 1210. The number of nitrogens with two attached hydrogens (primary N) is 1. The van der Waals surface area contributed by atoms with Crippen LogP contribution in [0.25, 0.3) is 22.4 Å². The van der Waals surface area contributed by atoms with Crippen molar-refractivity contribution in [3.63, 3.8) is 0 Å². The Labute approximate surface area is 210 Å². The maximum atomic E-state index is 11.5. The van der Waals surface area contributed by atoms with Crippen LogP contribution >= 0.6 is 0 Å². The standard InChI is InChI=1S/C25H29N5O3.CH3NO/c1-16-21(13-20(14-28-16)30-10-7-19(15-30)25(2,3)32)17-5-8-26-22(11-17)18-6-9-27-23(12-18)29-24(31)33-4;2-1-3/h5-6,8-9,11-14,19,32H,7,10,15H2,1-4H3,(H,27,29,31);1H,(H2,2,3). The summed E-state index contributed by atoms with van der Waals surface area (Å²) in [6.07, 6.45) is 5.92. The molecule has 4 N–H and O–H groups in total. The minimum absolute atomic E-state index is 0.231. The smallest absolute Gasteiger partial charge is 0.412 e. The van der Waals surface area contributed by atoms with Crippen LogP contribution in [-0.2, 0) is 9.53 Å². The van der Waals surface area contributed by atoms with E-state index in [1.807, 2.05) is 45.2 Å². The summed E-state index contributed by atoms with van der Waals surface area (Å²) in [6, 6.07) is 9.73. The average Bonchev–Trinajstić information content (AvgIpc) is 3.36. The van der Waals surface area contributed by atoms with Crippen molar-refractivity contribution in [1.29, 1.82) is 0 Å². The number of nitrogens with zero attached hydrogens (tertiary/aromatic N) is 4. The normalized spacial score (nSPS) is 15.0.